The largest absolute Gasteiger partial charge is 0.507 e. The number of phenols is 1. The SMILES string of the molecule is O=C(N[C@@H]1CCCn2ncnc21)c1c(O)cc(Cl)cc1Cl. The number of benzene rings is 1. The van der Waals surface area contributed by atoms with Gasteiger partial charge in [0.25, 0.3) is 5.91 Å². The molecule has 0 radical (unpaired) electrons. The maximum absolute atomic E-state index is 12.3. The number of halogens is 2. The number of nitrogens with one attached hydrogen (secondary N) is 1. The second kappa shape index (κ2) is 5.54. The van der Waals surface area contributed by atoms with E-state index in [1.807, 2.05) is 0 Å². The lowest BCUT2D eigenvalue weighted by molar-refractivity contribution is 0.0925. The Bertz CT molecular complexity index is 678. The topological polar surface area (TPSA) is 80.0 Å². The van der Waals surface area contributed by atoms with Gasteiger partial charge in [-0.3, -0.25) is 4.79 Å². The van der Waals surface area contributed by atoms with Crippen molar-refractivity contribution in [1.29, 1.82) is 0 Å². The Kier molecular flexibility index (Phi) is 3.73. The van der Waals surface area contributed by atoms with Crippen molar-refractivity contribution in [2.45, 2.75) is 25.4 Å². The minimum Gasteiger partial charge on any atom is -0.507 e. The molecule has 1 atom stereocenters. The molecule has 0 saturated carbocycles. The predicted octanol–water partition coefficient (Wildman–Crippen LogP) is 2.56. The van der Waals surface area contributed by atoms with Crippen molar-refractivity contribution in [3.05, 3.63) is 39.9 Å². The molecule has 2 N–H and O–H groups in total. The van der Waals surface area contributed by atoms with Crippen LogP contribution < -0.4 is 5.32 Å². The number of nitrogens with zero attached hydrogens (tertiary/aromatic N) is 3. The zero-order valence-electron chi connectivity index (χ0n) is 10.9. The molecule has 0 spiro atoms. The lowest BCUT2D eigenvalue weighted by Crippen LogP contribution is -2.33. The summed E-state index contributed by atoms with van der Waals surface area (Å²) in [6.07, 6.45) is 3.12. The van der Waals surface area contributed by atoms with Crippen LogP contribution in [-0.4, -0.2) is 25.8 Å². The third-order valence-electron chi connectivity index (χ3n) is 3.39. The average molecular weight is 327 g/mol. The lowest BCUT2D eigenvalue weighted by atomic mass is 10.1. The molecule has 2 aromatic rings. The number of carbonyl (C=O) groups is 1. The van der Waals surface area contributed by atoms with E-state index in [0.29, 0.717) is 5.82 Å². The van der Waals surface area contributed by atoms with E-state index in [1.54, 1.807) is 4.68 Å². The highest BCUT2D eigenvalue weighted by molar-refractivity contribution is 6.37. The molecule has 0 aliphatic carbocycles. The summed E-state index contributed by atoms with van der Waals surface area (Å²) < 4.78 is 1.76. The number of amides is 1. The first kappa shape index (κ1) is 14.2. The third-order valence-corrected chi connectivity index (χ3v) is 3.90. The van der Waals surface area contributed by atoms with Gasteiger partial charge >= 0.3 is 0 Å². The normalized spacial score (nSPS) is 17.3. The molecule has 0 bridgehead atoms. The molecule has 0 unspecified atom stereocenters. The fraction of sp³-hybridized carbons (Fsp3) is 0.308. The van der Waals surface area contributed by atoms with E-state index in [2.05, 4.69) is 15.4 Å². The van der Waals surface area contributed by atoms with Crippen molar-refractivity contribution < 1.29 is 9.90 Å². The van der Waals surface area contributed by atoms with Crippen molar-refractivity contribution in [2.24, 2.45) is 0 Å². The summed E-state index contributed by atoms with van der Waals surface area (Å²) in [6.45, 7) is 0.786. The average Bonchev–Trinajstić information content (AvgIpc) is 2.86. The minimum absolute atomic E-state index is 0.0118. The maximum atomic E-state index is 12.3. The maximum Gasteiger partial charge on any atom is 0.257 e. The summed E-state index contributed by atoms with van der Waals surface area (Å²) in [4.78, 5) is 16.5. The molecule has 1 aromatic heterocycles. The molecule has 1 amide bonds. The van der Waals surface area contributed by atoms with Gasteiger partial charge in [-0.25, -0.2) is 9.67 Å². The first-order chi connectivity index (χ1) is 10.1. The van der Waals surface area contributed by atoms with Gasteiger partial charge in [0.2, 0.25) is 0 Å². The number of phenolic OH excluding ortho intramolecular Hbond substituents is 1. The van der Waals surface area contributed by atoms with Crippen LogP contribution in [0.3, 0.4) is 0 Å². The van der Waals surface area contributed by atoms with Gasteiger partial charge in [-0.1, -0.05) is 23.2 Å². The standard InChI is InChI=1S/C13H12Cl2N4O2/c14-7-4-8(15)11(10(20)5-7)13(21)18-9-2-1-3-19-12(9)16-6-17-19/h4-6,9,20H,1-3H2,(H,18,21)/t9-/m1/s1. The number of rotatable bonds is 2. The molecule has 1 aliphatic rings. The van der Waals surface area contributed by atoms with Crippen molar-refractivity contribution in [2.75, 3.05) is 0 Å². The Morgan fingerprint density at radius 3 is 3.00 bits per heavy atom. The molecule has 110 valence electrons. The number of aromatic nitrogens is 3. The molecule has 21 heavy (non-hydrogen) atoms. The Labute approximate surface area is 130 Å². The lowest BCUT2D eigenvalue weighted by Gasteiger charge is -2.23. The van der Waals surface area contributed by atoms with E-state index in [4.69, 9.17) is 23.2 Å². The van der Waals surface area contributed by atoms with Gasteiger partial charge in [-0.05, 0) is 25.0 Å². The highest BCUT2D eigenvalue weighted by Gasteiger charge is 2.26. The van der Waals surface area contributed by atoms with Gasteiger partial charge in [-0.2, -0.15) is 5.10 Å². The number of hydrogen-bond acceptors (Lipinski definition) is 4. The van der Waals surface area contributed by atoms with Gasteiger partial charge in [0.1, 0.15) is 17.9 Å². The van der Waals surface area contributed by atoms with Crippen molar-refractivity contribution in [1.82, 2.24) is 20.1 Å². The Hall–Kier alpha value is -1.79. The molecule has 1 aliphatic heterocycles. The molecular weight excluding hydrogens is 315 g/mol. The summed E-state index contributed by atoms with van der Waals surface area (Å²) >= 11 is 11.8. The molecule has 0 fully saturated rings. The van der Waals surface area contributed by atoms with Gasteiger partial charge in [0, 0.05) is 11.6 Å². The van der Waals surface area contributed by atoms with Crippen LogP contribution in [0.5, 0.6) is 5.75 Å². The molecular formula is C13H12Cl2N4O2. The molecule has 3 rings (SSSR count). The fourth-order valence-corrected chi connectivity index (χ4v) is 3.01. The van der Waals surface area contributed by atoms with Gasteiger partial charge < -0.3 is 10.4 Å². The first-order valence-electron chi connectivity index (χ1n) is 6.43. The smallest absolute Gasteiger partial charge is 0.257 e. The molecule has 8 heteroatoms. The van der Waals surface area contributed by atoms with Crippen LogP contribution in [0.1, 0.15) is 35.1 Å². The van der Waals surface area contributed by atoms with Gasteiger partial charge in [0.05, 0.1) is 16.6 Å². The summed E-state index contributed by atoms with van der Waals surface area (Å²) in [6, 6.07) is 2.45. The van der Waals surface area contributed by atoms with Crippen molar-refractivity contribution >= 4 is 29.1 Å². The van der Waals surface area contributed by atoms with Crippen LogP contribution in [0.4, 0.5) is 0 Å². The minimum atomic E-state index is -0.462. The number of aromatic hydroxyl groups is 1. The van der Waals surface area contributed by atoms with E-state index in [1.165, 1.54) is 18.5 Å². The number of fused-ring (bicyclic) bond motifs is 1. The van der Waals surface area contributed by atoms with Crippen LogP contribution in [0.2, 0.25) is 10.0 Å². The number of carbonyl (C=O) groups excluding carboxylic acids is 1. The quantitative estimate of drug-likeness (QED) is 0.888. The summed E-state index contributed by atoms with van der Waals surface area (Å²) in [5.41, 5.74) is 0.0118. The third kappa shape index (κ3) is 2.69. The van der Waals surface area contributed by atoms with E-state index in [-0.39, 0.29) is 27.4 Å². The van der Waals surface area contributed by atoms with Crippen LogP contribution in [-0.2, 0) is 6.54 Å². The Balaban J connectivity index is 1.86. The number of hydrogen-bond donors (Lipinski definition) is 2. The van der Waals surface area contributed by atoms with Crippen LogP contribution >= 0.6 is 23.2 Å². The zero-order chi connectivity index (χ0) is 15.0. The Morgan fingerprint density at radius 1 is 1.43 bits per heavy atom. The summed E-state index contributed by atoms with van der Waals surface area (Å²) in [7, 11) is 0. The van der Waals surface area contributed by atoms with Crippen molar-refractivity contribution in [3.63, 3.8) is 0 Å². The summed E-state index contributed by atoms with van der Waals surface area (Å²) in [5.74, 6) is -0.00271. The van der Waals surface area contributed by atoms with Crippen molar-refractivity contribution in [3.8, 4) is 5.75 Å². The highest BCUT2D eigenvalue weighted by atomic mass is 35.5. The first-order valence-corrected chi connectivity index (χ1v) is 7.18. The second-order valence-corrected chi connectivity index (χ2v) is 5.64. The predicted molar refractivity (Wildman–Crippen MR) is 77.6 cm³/mol. The second-order valence-electron chi connectivity index (χ2n) is 4.79. The van der Waals surface area contributed by atoms with Crippen LogP contribution in [0, 0.1) is 0 Å². The van der Waals surface area contributed by atoms with E-state index in [0.717, 1.165) is 19.4 Å². The van der Waals surface area contributed by atoms with Crippen LogP contribution in [0.15, 0.2) is 18.5 Å². The van der Waals surface area contributed by atoms with E-state index < -0.39 is 5.91 Å². The van der Waals surface area contributed by atoms with Gasteiger partial charge in [-0.15, -0.1) is 0 Å². The van der Waals surface area contributed by atoms with Gasteiger partial charge in [0.15, 0.2) is 0 Å². The van der Waals surface area contributed by atoms with E-state index >= 15 is 0 Å². The zero-order valence-corrected chi connectivity index (χ0v) is 12.4. The molecule has 6 nitrogen and oxygen atoms in total. The molecule has 1 aromatic carbocycles. The molecule has 2 heterocycles. The number of aryl methyl sites for hydroxylation is 1. The van der Waals surface area contributed by atoms with Crippen LogP contribution in [0.25, 0.3) is 0 Å². The van der Waals surface area contributed by atoms with E-state index in [9.17, 15) is 9.90 Å². The monoisotopic (exact) mass is 326 g/mol. The Morgan fingerprint density at radius 2 is 2.24 bits per heavy atom. The molecule has 0 saturated heterocycles. The fourth-order valence-electron chi connectivity index (χ4n) is 2.44. The summed E-state index contributed by atoms with van der Waals surface area (Å²) in [5, 5.41) is 17.2. The highest BCUT2D eigenvalue weighted by Crippen LogP contribution is 2.31.